The lowest BCUT2D eigenvalue weighted by atomic mass is 10.3. The molecule has 0 unspecified atom stereocenters. The van der Waals surface area contributed by atoms with Crippen molar-refractivity contribution in [2.45, 2.75) is 0 Å². The summed E-state index contributed by atoms with van der Waals surface area (Å²) in [4.78, 5) is 0. The van der Waals surface area contributed by atoms with Crippen molar-refractivity contribution in [3.8, 4) is 11.8 Å². The molecule has 0 amide bonds. The third-order valence-electron chi connectivity index (χ3n) is 1.19. The first-order chi connectivity index (χ1) is 5.74. The molecule has 0 spiro atoms. The van der Waals surface area contributed by atoms with E-state index in [-0.39, 0.29) is 12.4 Å². The van der Waals surface area contributed by atoms with Gasteiger partial charge >= 0.3 is 0 Å². The fourth-order valence-electron chi connectivity index (χ4n) is 0.698. The molecule has 62 valence electrons. The number of nitrogens with zero attached hydrogens (tertiary/aromatic N) is 1. The van der Waals surface area contributed by atoms with E-state index < -0.39 is 11.6 Å². The number of rotatable bonds is 2. The van der Waals surface area contributed by atoms with Gasteiger partial charge in [0.15, 0.2) is 18.2 Å². The van der Waals surface area contributed by atoms with Crippen LogP contribution in [0.25, 0.3) is 0 Å². The van der Waals surface area contributed by atoms with Gasteiger partial charge in [-0.25, -0.2) is 8.78 Å². The van der Waals surface area contributed by atoms with Gasteiger partial charge in [-0.15, -0.1) is 0 Å². The van der Waals surface area contributed by atoms with Gasteiger partial charge in [0.25, 0.3) is 0 Å². The Kier molecular flexibility index (Phi) is 2.59. The fourth-order valence-corrected chi connectivity index (χ4v) is 0.698. The van der Waals surface area contributed by atoms with Gasteiger partial charge in [0, 0.05) is 6.07 Å². The van der Waals surface area contributed by atoms with Crippen LogP contribution in [-0.4, -0.2) is 6.61 Å². The molecule has 1 aromatic rings. The first kappa shape index (κ1) is 8.47. The van der Waals surface area contributed by atoms with Gasteiger partial charge in [-0.1, -0.05) is 0 Å². The average Bonchev–Trinajstić information content (AvgIpc) is 2.07. The molecule has 0 aliphatic heterocycles. The second-order valence-electron chi connectivity index (χ2n) is 2.02. The second kappa shape index (κ2) is 3.67. The van der Waals surface area contributed by atoms with Gasteiger partial charge < -0.3 is 4.74 Å². The van der Waals surface area contributed by atoms with Crippen LogP contribution in [0.2, 0.25) is 0 Å². The third kappa shape index (κ3) is 1.92. The van der Waals surface area contributed by atoms with Crippen molar-refractivity contribution in [2.24, 2.45) is 0 Å². The highest BCUT2D eigenvalue weighted by Crippen LogP contribution is 2.17. The van der Waals surface area contributed by atoms with Crippen molar-refractivity contribution in [3.63, 3.8) is 0 Å². The SMILES string of the molecule is N#CCOc1cc(F)ccc1F. The predicted molar refractivity (Wildman–Crippen MR) is 37.5 cm³/mol. The van der Waals surface area contributed by atoms with Crippen LogP contribution >= 0.6 is 0 Å². The van der Waals surface area contributed by atoms with Crippen molar-refractivity contribution < 1.29 is 13.5 Å². The Balaban J connectivity index is 2.84. The molecular formula is C8H5F2NO. The van der Waals surface area contributed by atoms with Gasteiger partial charge in [-0.3, -0.25) is 0 Å². The highest BCUT2D eigenvalue weighted by Gasteiger charge is 2.03. The summed E-state index contributed by atoms with van der Waals surface area (Å²) in [5.41, 5.74) is 0. The molecule has 0 heterocycles. The Morgan fingerprint density at radius 3 is 2.83 bits per heavy atom. The van der Waals surface area contributed by atoms with E-state index in [2.05, 4.69) is 4.74 Å². The molecule has 2 nitrogen and oxygen atoms in total. The number of hydrogen-bond acceptors (Lipinski definition) is 2. The largest absolute Gasteiger partial charge is 0.476 e. The van der Waals surface area contributed by atoms with Crippen LogP contribution in [0.1, 0.15) is 0 Å². The minimum atomic E-state index is -0.674. The highest BCUT2D eigenvalue weighted by molar-refractivity contribution is 5.25. The molecule has 0 N–H and O–H groups in total. The Morgan fingerprint density at radius 2 is 2.17 bits per heavy atom. The van der Waals surface area contributed by atoms with E-state index in [0.717, 1.165) is 18.2 Å². The van der Waals surface area contributed by atoms with E-state index in [0.29, 0.717) is 0 Å². The van der Waals surface area contributed by atoms with Crippen LogP contribution in [0.3, 0.4) is 0 Å². The number of halogens is 2. The third-order valence-corrected chi connectivity index (χ3v) is 1.19. The average molecular weight is 169 g/mol. The van der Waals surface area contributed by atoms with Crippen LogP contribution < -0.4 is 4.74 Å². The summed E-state index contributed by atoms with van der Waals surface area (Å²) in [5.74, 6) is -1.51. The molecule has 0 saturated carbocycles. The summed E-state index contributed by atoms with van der Waals surface area (Å²) in [5, 5.41) is 8.10. The standard InChI is InChI=1S/C8H5F2NO/c9-6-1-2-7(10)8(5-6)12-4-3-11/h1-2,5H,4H2. The molecule has 4 heteroatoms. The maximum Gasteiger partial charge on any atom is 0.174 e. The minimum Gasteiger partial charge on any atom is -0.476 e. The van der Waals surface area contributed by atoms with Gasteiger partial charge in [0.1, 0.15) is 11.9 Å². The van der Waals surface area contributed by atoms with E-state index >= 15 is 0 Å². The smallest absolute Gasteiger partial charge is 0.174 e. The van der Waals surface area contributed by atoms with Crippen molar-refractivity contribution in [3.05, 3.63) is 29.8 Å². The molecular weight excluding hydrogens is 164 g/mol. The molecule has 1 aromatic carbocycles. The molecule has 0 aromatic heterocycles. The van der Waals surface area contributed by atoms with Crippen molar-refractivity contribution >= 4 is 0 Å². The Labute approximate surface area is 68.0 Å². The Bertz CT molecular complexity index is 319. The van der Waals surface area contributed by atoms with Gasteiger partial charge in [0.2, 0.25) is 0 Å². The number of benzene rings is 1. The van der Waals surface area contributed by atoms with E-state index in [1.807, 2.05) is 0 Å². The maximum atomic E-state index is 12.7. The summed E-state index contributed by atoms with van der Waals surface area (Å²) in [7, 11) is 0. The molecule has 12 heavy (non-hydrogen) atoms. The topological polar surface area (TPSA) is 33.0 Å². The van der Waals surface area contributed by atoms with Crippen molar-refractivity contribution in [1.82, 2.24) is 0 Å². The van der Waals surface area contributed by atoms with Crippen LogP contribution in [0, 0.1) is 23.0 Å². The Hall–Kier alpha value is -1.63. The second-order valence-corrected chi connectivity index (χ2v) is 2.02. The molecule has 0 saturated heterocycles. The van der Waals surface area contributed by atoms with Gasteiger partial charge in [0.05, 0.1) is 0 Å². The number of nitriles is 1. The van der Waals surface area contributed by atoms with E-state index in [1.54, 1.807) is 6.07 Å². The summed E-state index contributed by atoms with van der Waals surface area (Å²) in [6, 6.07) is 4.47. The molecule has 0 aliphatic carbocycles. The van der Waals surface area contributed by atoms with Crippen molar-refractivity contribution in [1.29, 1.82) is 5.26 Å². The highest BCUT2D eigenvalue weighted by atomic mass is 19.1. The lowest BCUT2D eigenvalue weighted by Gasteiger charge is -2.01. The zero-order chi connectivity index (χ0) is 8.97. The summed E-state index contributed by atoms with van der Waals surface area (Å²) in [6.07, 6.45) is 0. The number of ether oxygens (including phenoxy) is 1. The van der Waals surface area contributed by atoms with Crippen molar-refractivity contribution in [2.75, 3.05) is 6.61 Å². The molecule has 0 radical (unpaired) electrons. The van der Waals surface area contributed by atoms with Crippen LogP contribution in [0.4, 0.5) is 8.78 Å². The van der Waals surface area contributed by atoms with E-state index in [4.69, 9.17) is 5.26 Å². The predicted octanol–water partition coefficient (Wildman–Crippen LogP) is 1.87. The first-order valence-electron chi connectivity index (χ1n) is 3.19. The monoisotopic (exact) mass is 169 g/mol. The van der Waals surface area contributed by atoms with Crippen LogP contribution in [0.15, 0.2) is 18.2 Å². The maximum absolute atomic E-state index is 12.7. The van der Waals surface area contributed by atoms with Gasteiger partial charge in [-0.05, 0) is 12.1 Å². The first-order valence-corrected chi connectivity index (χ1v) is 3.19. The van der Waals surface area contributed by atoms with E-state index in [9.17, 15) is 8.78 Å². The molecule has 0 atom stereocenters. The minimum absolute atomic E-state index is 0.239. The molecule has 0 bridgehead atoms. The van der Waals surface area contributed by atoms with E-state index in [1.165, 1.54) is 0 Å². The Morgan fingerprint density at radius 1 is 1.42 bits per heavy atom. The van der Waals surface area contributed by atoms with Gasteiger partial charge in [-0.2, -0.15) is 5.26 Å². The lowest BCUT2D eigenvalue weighted by molar-refractivity contribution is 0.343. The zero-order valence-corrected chi connectivity index (χ0v) is 6.05. The lowest BCUT2D eigenvalue weighted by Crippen LogP contribution is -1.96. The summed E-state index contributed by atoms with van der Waals surface area (Å²) >= 11 is 0. The zero-order valence-electron chi connectivity index (χ0n) is 6.05. The van der Waals surface area contributed by atoms with Crippen LogP contribution in [-0.2, 0) is 0 Å². The summed E-state index contributed by atoms with van der Waals surface area (Å²) in [6.45, 7) is -0.291. The normalized spacial score (nSPS) is 9.08. The van der Waals surface area contributed by atoms with Crippen LogP contribution in [0.5, 0.6) is 5.75 Å². The fraction of sp³-hybridized carbons (Fsp3) is 0.125. The molecule has 0 aliphatic rings. The molecule has 1 rings (SSSR count). The molecule has 0 fully saturated rings. The number of hydrogen-bond donors (Lipinski definition) is 0. The summed E-state index contributed by atoms with van der Waals surface area (Å²) < 4.78 is 29.7. The quantitative estimate of drug-likeness (QED) is 0.677.